The van der Waals surface area contributed by atoms with Gasteiger partial charge in [-0.2, -0.15) is 0 Å². The van der Waals surface area contributed by atoms with Crippen LogP contribution >= 0.6 is 11.3 Å². The van der Waals surface area contributed by atoms with E-state index in [1.165, 1.54) is 16.3 Å². The quantitative estimate of drug-likeness (QED) is 0.818. The molecule has 0 saturated heterocycles. The summed E-state index contributed by atoms with van der Waals surface area (Å²) in [6.45, 7) is 12.1. The standard InChI is InChI=1S/C13H24N2S/c1-6-12(9(2)3)14-7-11-8-15-13(16-11)10(4)5/h8-10,12,14H,6-7H2,1-5H3. The van der Waals surface area contributed by atoms with E-state index in [0.29, 0.717) is 17.9 Å². The molecule has 1 aromatic rings. The number of thiazole rings is 1. The molecular weight excluding hydrogens is 216 g/mol. The van der Waals surface area contributed by atoms with E-state index in [1.807, 2.05) is 17.5 Å². The Labute approximate surface area is 103 Å². The Bertz CT molecular complexity index is 305. The summed E-state index contributed by atoms with van der Waals surface area (Å²) in [4.78, 5) is 5.79. The van der Waals surface area contributed by atoms with Crippen LogP contribution in [0.5, 0.6) is 0 Å². The molecule has 92 valence electrons. The fourth-order valence-corrected chi connectivity index (χ4v) is 2.63. The fourth-order valence-electron chi connectivity index (χ4n) is 1.75. The summed E-state index contributed by atoms with van der Waals surface area (Å²) in [6, 6.07) is 0.615. The Morgan fingerprint density at radius 3 is 2.44 bits per heavy atom. The molecule has 1 atom stereocenters. The highest BCUT2D eigenvalue weighted by atomic mass is 32.1. The molecule has 0 aliphatic rings. The lowest BCUT2D eigenvalue weighted by molar-refractivity contribution is 0.388. The fraction of sp³-hybridized carbons (Fsp3) is 0.769. The largest absolute Gasteiger partial charge is 0.309 e. The molecule has 0 aromatic carbocycles. The second-order valence-electron chi connectivity index (χ2n) is 4.96. The maximum absolute atomic E-state index is 4.44. The molecule has 0 aliphatic heterocycles. The number of hydrogen-bond acceptors (Lipinski definition) is 3. The summed E-state index contributed by atoms with van der Waals surface area (Å²) in [5.74, 6) is 1.24. The summed E-state index contributed by atoms with van der Waals surface area (Å²) >= 11 is 1.83. The molecule has 0 radical (unpaired) electrons. The molecule has 3 heteroatoms. The van der Waals surface area contributed by atoms with Gasteiger partial charge in [-0.15, -0.1) is 11.3 Å². The smallest absolute Gasteiger partial charge is 0.0953 e. The SMILES string of the molecule is CCC(NCc1cnc(C(C)C)s1)C(C)C. The van der Waals surface area contributed by atoms with Crippen molar-refractivity contribution in [3.05, 3.63) is 16.1 Å². The van der Waals surface area contributed by atoms with Crippen molar-refractivity contribution in [2.75, 3.05) is 0 Å². The van der Waals surface area contributed by atoms with Crippen LogP contribution in [0.15, 0.2) is 6.20 Å². The van der Waals surface area contributed by atoms with Gasteiger partial charge < -0.3 is 5.32 Å². The number of nitrogens with zero attached hydrogens (tertiary/aromatic N) is 1. The molecule has 1 heterocycles. The van der Waals surface area contributed by atoms with E-state index in [-0.39, 0.29) is 0 Å². The lowest BCUT2D eigenvalue weighted by atomic mass is 10.0. The lowest BCUT2D eigenvalue weighted by Gasteiger charge is -2.20. The van der Waals surface area contributed by atoms with Gasteiger partial charge in [0.05, 0.1) is 5.01 Å². The van der Waals surface area contributed by atoms with Crippen LogP contribution < -0.4 is 5.32 Å². The molecule has 0 spiro atoms. The maximum Gasteiger partial charge on any atom is 0.0953 e. The zero-order valence-electron chi connectivity index (χ0n) is 11.1. The van der Waals surface area contributed by atoms with Crippen LogP contribution in [0.3, 0.4) is 0 Å². The Hall–Kier alpha value is -0.410. The number of hydrogen-bond donors (Lipinski definition) is 1. The van der Waals surface area contributed by atoms with E-state index in [2.05, 4.69) is 44.9 Å². The second kappa shape index (κ2) is 6.36. The first-order valence-electron chi connectivity index (χ1n) is 6.22. The highest BCUT2D eigenvalue weighted by Gasteiger charge is 2.11. The van der Waals surface area contributed by atoms with Gasteiger partial charge in [0, 0.05) is 29.6 Å². The van der Waals surface area contributed by atoms with E-state index in [9.17, 15) is 0 Å². The lowest BCUT2D eigenvalue weighted by Crippen LogP contribution is -2.32. The van der Waals surface area contributed by atoms with E-state index >= 15 is 0 Å². The molecule has 0 bridgehead atoms. The molecule has 0 fully saturated rings. The van der Waals surface area contributed by atoms with Crippen LogP contribution in [0.2, 0.25) is 0 Å². The van der Waals surface area contributed by atoms with Crippen molar-refractivity contribution in [3.8, 4) is 0 Å². The summed E-state index contributed by atoms with van der Waals surface area (Å²) in [7, 11) is 0. The highest BCUT2D eigenvalue weighted by molar-refractivity contribution is 7.11. The van der Waals surface area contributed by atoms with Gasteiger partial charge >= 0.3 is 0 Å². The summed E-state index contributed by atoms with van der Waals surface area (Å²) in [5, 5.41) is 4.85. The average molecular weight is 240 g/mol. The van der Waals surface area contributed by atoms with Gasteiger partial charge in [-0.1, -0.05) is 34.6 Å². The van der Waals surface area contributed by atoms with Crippen molar-refractivity contribution in [2.24, 2.45) is 5.92 Å². The number of rotatable bonds is 6. The molecule has 0 aliphatic carbocycles. The van der Waals surface area contributed by atoms with Crippen LogP contribution in [0.1, 0.15) is 56.8 Å². The zero-order chi connectivity index (χ0) is 12.1. The molecule has 1 aromatic heterocycles. The van der Waals surface area contributed by atoms with Gasteiger partial charge in [-0.3, -0.25) is 0 Å². The zero-order valence-corrected chi connectivity index (χ0v) is 11.9. The molecule has 0 saturated carbocycles. The van der Waals surface area contributed by atoms with Crippen molar-refractivity contribution in [3.63, 3.8) is 0 Å². The van der Waals surface area contributed by atoms with Crippen molar-refractivity contribution in [1.82, 2.24) is 10.3 Å². The summed E-state index contributed by atoms with van der Waals surface area (Å²) < 4.78 is 0. The molecule has 16 heavy (non-hydrogen) atoms. The van der Waals surface area contributed by atoms with Crippen molar-refractivity contribution < 1.29 is 0 Å². The predicted octanol–water partition coefficient (Wildman–Crippen LogP) is 3.79. The van der Waals surface area contributed by atoms with Gasteiger partial charge in [0.15, 0.2) is 0 Å². The van der Waals surface area contributed by atoms with Crippen LogP contribution in [0.4, 0.5) is 0 Å². The Kier molecular flexibility index (Phi) is 5.42. The van der Waals surface area contributed by atoms with Gasteiger partial charge in [0.25, 0.3) is 0 Å². The van der Waals surface area contributed by atoms with E-state index < -0.39 is 0 Å². The first-order chi connectivity index (χ1) is 7.54. The van der Waals surface area contributed by atoms with E-state index in [4.69, 9.17) is 0 Å². The van der Waals surface area contributed by atoms with Crippen molar-refractivity contribution >= 4 is 11.3 Å². The normalized spacial score (nSPS) is 13.7. The molecule has 1 rings (SSSR count). The summed E-state index contributed by atoms with van der Waals surface area (Å²) in [6.07, 6.45) is 3.20. The van der Waals surface area contributed by atoms with Crippen LogP contribution in [0.25, 0.3) is 0 Å². The average Bonchev–Trinajstić information content (AvgIpc) is 2.67. The van der Waals surface area contributed by atoms with E-state index in [1.54, 1.807) is 0 Å². The molecule has 1 unspecified atom stereocenters. The van der Waals surface area contributed by atoms with Gasteiger partial charge in [0.1, 0.15) is 0 Å². The Morgan fingerprint density at radius 1 is 1.31 bits per heavy atom. The first-order valence-corrected chi connectivity index (χ1v) is 7.04. The molecule has 1 N–H and O–H groups in total. The second-order valence-corrected chi connectivity index (χ2v) is 6.11. The van der Waals surface area contributed by atoms with Gasteiger partial charge in [-0.05, 0) is 12.3 Å². The van der Waals surface area contributed by atoms with Crippen LogP contribution in [0, 0.1) is 5.92 Å². The summed E-state index contributed by atoms with van der Waals surface area (Å²) in [5.41, 5.74) is 0. The first kappa shape index (κ1) is 13.7. The number of aromatic nitrogens is 1. The number of nitrogens with one attached hydrogen (secondary N) is 1. The van der Waals surface area contributed by atoms with Crippen LogP contribution in [-0.2, 0) is 6.54 Å². The third-order valence-electron chi connectivity index (χ3n) is 2.85. The van der Waals surface area contributed by atoms with Crippen LogP contribution in [-0.4, -0.2) is 11.0 Å². The van der Waals surface area contributed by atoms with Crippen molar-refractivity contribution in [2.45, 2.75) is 59.5 Å². The van der Waals surface area contributed by atoms with E-state index in [0.717, 1.165) is 6.54 Å². The molecular formula is C13H24N2S. The minimum atomic E-state index is 0.547. The molecule has 0 amide bonds. The van der Waals surface area contributed by atoms with Crippen molar-refractivity contribution in [1.29, 1.82) is 0 Å². The Balaban J connectivity index is 2.47. The molecule has 2 nitrogen and oxygen atoms in total. The monoisotopic (exact) mass is 240 g/mol. The topological polar surface area (TPSA) is 24.9 Å². The maximum atomic E-state index is 4.44. The third kappa shape index (κ3) is 3.87. The highest BCUT2D eigenvalue weighted by Crippen LogP contribution is 2.21. The Morgan fingerprint density at radius 2 is 2.00 bits per heavy atom. The minimum absolute atomic E-state index is 0.547. The minimum Gasteiger partial charge on any atom is -0.309 e. The third-order valence-corrected chi connectivity index (χ3v) is 4.15. The predicted molar refractivity (Wildman–Crippen MR) is 72.0 cm³/mol. The van der Waals surface area contributed by atoms with Gasteiger partial charge in [-0.25, -0.2) is 4.98 Å². The van der Waals surface area contributed by atoms with Gasteiger partial charge in [0.2, 0.25) is 0 Å².